The number of nitrogen functional groups attached to an aromatic ring is 1. The number of methoxy groups -OCH3 is 1. The Kier molecular flexibility index (Phi) is 4.81. The lowest BCUT2D eigenvalue weighted by molar-refractivity contribution is 0.397. The van der Waals surface area contributed by atoms with Crippen molar-refractivity contribution in [3.05, 3.63) is 46.6 Å². The first-order valence-corrected chi connectivity index (χ1v) is 8.23. The zero-order chi connectivity index (χ0) is 15.5. The van der Waals surface area contributed by atoms with Crippen LogP contribution in [0.25, 0.3) is 0 Å². The van der Waals surface area contributed by atoms with Gasteiger partial charge in [0, 0.05) is 29.0 Å². The minimum Gasteiger partial charge on any atom is -0.481 e. The molecule has 0 radical (unpaired) electrons. The predicted molar refractivity (Wildman–Crippen MR) is 83.4 cm³/mol. The molecule has 3 N–H and O–H groups in total. The van der Waals surface area contributed by atoms with Crippen LogP contribution in [-0.2, 0) is 16.6 Å². The van der Waals surface area contributed by atoms with E-state index in [0.717, 1.165) is 5.56 Å². The molecule has 0 saturated carbocycles. The molecule has 0 saturated heterocycles. The number of sulfonamides is 1. The quantitative estimate of drug-likeness (QED) is 0.782. The summed E-state index contributed by atoms with van der Waals surface area (Å²) < 4.78 is 32.4. The summed E-state index contributed by atoms with van der Waals surface area (Å²) in [5, 5.41) is 0. The van der Waals surface area contributed by atoms with Crippen LogP contribution in [-0.4, -0.2) is 20.5 Å². The number of nitrogens with two attached hydrogens (primary N) is 1. The van der Waals surface area contributed by atoms with E-state index in [1.165, 1.54) is 19.2 Å². The van der Waals surface area contributed by atoms with Gasteiger partial charge in [-0.25, -0.2) is 18.1 Å². The maximum Gasteiger partial charge on any atom is 0.240 e. The Morgan fingerprint density at radius 1 is 1.33 bits per heavy atom. The van der Waals surface area contributed by atoms with Gasteiger partial charge in [-0.2, -0.15) is 0 Å². The molecule has 0 aliphatic heterocycles. The van der Waals surface area contributed by atoms with Crippen LogP contribution >= 0.6 is 15.9 Å². The van der Waals surface area contributed by atoms with Crippen LogP contribution in [0, 0.1) is 0 Å². The van der Waals surface area contributed by atoms with Crippen molar-refractivity contribution in [3.8, 4) is 5.88 Å². The Balaban J connectivity index is 2.11. The van der Waals surface area contributed by atoms with E-state index in [4.69, 9.17) is 10.5 Å². The molecule has 2 aromatic rings. The van der Waals surface area contributed by atoms with Gasteiger partial charge in [0.2, 0.25) is 15.9 Å². The second-order valence-electron chi connectivity index (χ2n) is 4.22. The topological polar surface area (TPSA) is 94.3 Å². The number of aromatic nitrogens is 1. The van der Waals surface area contributed by atoms with E-state index in [0.29, 0.717) is 16.0 Å². The number of benzene rings is 1. The molecular weight excluding hydrogens is 358 g/mol. The van der Waals surface area contributed by atoms with Gasteiger partial charge in [0.25, 0.3) is 0 Å². The average molecular weight is 372 g/mol. The molecule has 1 heterocycles. The van der Waals surface area contributed by atoms with Crippen molar-refractivity contribution in [1.82, 2.24) is 9.71 Å². The summed E-state index contributed by atoms with van der Waals surface area (Å²) in [4.78, 5) is 4.13. The largest absolute Gasteiger partial charge is 0.481 e. The van der Waals surface area contributed by atoms with Crippen LogP contribution in [0.15, 0.2) is 45.9 Å². The Hall–Kier alpha value is -1.64. The zero-order valence-electron chi connectivity index (χ0n) is 11.2. The monoisotopic (exact) mass is 371 g/mol. The number of nitrogens with one attached hydrogen (secondary N) is 1. The van der Waals surface area contributed by atoms with Crippen molar-refractivity contribution in [2.45, 2.75) is 11.4 Å². The SMILES string of the molecule is COc1ccc(CNS(=O)(=O)c2ccc(Br)c(N)c2)cn1. The molecule has 2 rings (SSSR count). The second kappa shape index (κ2) is 6.42. The first kappa shape index (κ1) is 15.7. The summed E-state index contributed by atoms with van der Waals surface area (Å²) in [5.74, 6) is 0.474. The van der Waals surface area contributed by atoms with Crippen LogP contribution in [0.3, 0.4) is 0 Å². The summed E-state index contributed by atoms with van der Waals surface area (Å²) in [5.41, 5.74) is 6.78. The third-order valence-electron chi connectivity index (χ3n) is 2.75. The first-order chi connectivity index (χ1) is 9.92. The van der Waals surface area contributed by atoms with E-state index in [-0.39, 0.29) is 11.4 Å². The number of halogens is 1. The molecule has 1 aromatic carbocycles. The fraction of sp³-hybridized carbons (Fsp3) is 0.154. The van der Waals surface area contributed by atoms with Crippen molar-refractivity contribution < 1.29 is 13.2 Å². The summed E-state index contributed by atoms with van der Waals surface area (Å²) >= 11 is 3.23. The Labute approximate surface area is 131 Å². The lowest BCUT2D eigenvalue weighted by Crippen LogP contribution is -2.23. The summed E-state index contributed by atoms with van der Waals surface area (Å²) in [6.45, 7) is 0.134. The number of nitrogens with zero attached hydrogens (tertiary/aromatic N) is 1. The lowest BCUT2D eigenvalue weighted by Gasteiger charge is -2.08. The number of anilines is 1. The van der Waals surface area contributed by atoms with E-state index in [1.807, 2.05) is 0 Å². The molecule has 112 valence electrons. The maximum absolute atomic E-state index is 12.2. The molecule has 0 aliphatic rings. The standard InChI is InChI=1S/C13H14BrN3O3S/c1-20-13-5-2-9(7-16-13)8-17-21(18,19)10-3-4-11(14)12(15)6-10/h2-7,17H,8,15H2,1H3. The highest BCUT2D eigenvalue weighted by molar-refractivity contribution is 9.10. The van der Waals surface area contributed by atoms with Crippen molar-refractivity contribution in [3.63, 3.8) is 0 Å². The molecule has 1 aromatic heterocycles. The molecule has 21 heavy (non-hydrogen) atoms. The molecule has 0 aliphatic carbocycles. The van der Waals surface area contributed by atoms with Gasteiger partial charge in [-0.15, -0.1) is 0 Å². The molecule has 0 amide bonds. The molecule has 0 bridgehead atoms. The van der Waals surface area contributed by atoms with Crippen LogP contribution in [0.1, 0.15) is 5.56 Å². The average Bonchev–Trinajstić information content (AvgIpc) is 2.48. The fourth-order valence-electron chi connectivity index (χ4n) is 1.59. The smallest absolute Gasteiger partial charge is 0.240 e. The van der Waals surface area contributed by atoms with Gasteiger partial charge >= 0.3 is 0 Å². The number of hydrogen-bond acceptors (Lipinski definition) is 5. The highest BCUT2D eigenvalue weighted by Gasteiger charge is 2.14. The maximum atomic E-state index is 12.2. The summed E-state index contributed by atoms with van der Waals surface area (Å²) in [6, 6.07) is 7.89. The molecular formula is C13H14BrN3O3S. The zero-order valence-corrected chi connectivity index (χ0v) is 13.6. The molecule has 8 heteroatoms. The molecule has 0 spiro atoms. The highest BCUT2D eigenvalue weighted by atomic mass is 79.9. The van der Waals surface area contributed by atoms with E-state index in [1.54, 1.807) is 24.4 Å². The lowest BCUT2D eigenvalue weighted by atomic mass is 10.3. The predicted octanol–water partition coefficient (Wildman–Crippen LogP) is 1.91. The van der Waals surface area contributed by atoms with Gasteiger partial charge in [0.1, 0.15) is 0 Å². The van der Waals surface area contributed by atoms with Crippen LogP contribution in [0.2, 0.25) is 0 Å². The highest BCUT2D eigenvalue weighted by Crippen LogP contribution is 2.22. The van der Waals surface area contributed by atoms with Gasteiger partial charge in [-0.05, 0) is 39.7 Å². The van der Waals surface area contributed by atoms with Crippen molar-refractivity contribution in [1.29, 1.82) is 0 Å². The minimum atomic E-state index is -3.62. The molecule has 6 nitrogen and oxygen atoms in total. The molecule has 0 fully saturated rings. The van der Waals surface area contributed by atoms with Gasteiger partial charge in [-0.3, -0.25) is 0 Å². The van der Waals surface area contributed by atoms with E-state index in [2.05, 4.69) is 25.6 Å². The van der Waals surface area contributed by atoms with Crippen molar-refractivity contribution >= 4 is 31.6 Å². The third kappa shape index (κ3) is 3.93. The van der Waals surface area contributed by atoms with Crippen LogP contribution < -0.4 is 15.2 Å². The Morgan fingerprint density at radius 2 is 2.10 bits per heavy atom. The summed E-state index contributed by atoms with van der Waals surface area (Å²) in [6.07, 6.45) is 1.55. The Morgan fingerprint density at radius 3 is 2.67 bits per heavy atom. The van der Waals surface area contributed by atoms with Gasteiger partial charge < -0.3 is 10.5 Å². The number of pyridine rings is 1. The number of hydrogen-bond donors (Lipinski definition) is 2. The van der Waals surface area contributed by atoms with Gasteiger partial charge in [-0.1, -0.05) is 6.07 Å². The van der Waals surface area contributed by atoms with E-state index >= 15 is 0 Å². The second-order valence-corrected chi connectivity index (χ2v) is 6.84. The number of ether oxygens (including phenoxy) is 1. The van der Waals surface area contributed by atoms with Gasteiger partial charge in [0.15, 0.2) is 0 Å². The molecule has 0 atom stereocenters. The van der Waals surface area contributed by atoms with Gasteiger partial charge in [0.05, 0.1) is 12.0 Å². The van der Waals surface area contributed by atoms with E-state index in [9.17, 15) is 8.42 Å². The van der Waals surface area contributed by atoms with E-state index < -0.39 is 10.0 Å². The fourth-order valence-corrected chi connectivity index (χ4v) is 2.89. The molecule has 0 unspecified atom stereocenters. The van der Waals surface area contributed by atoms with Crippen molar-refractivity contribution in [2.24, 2.45) is 0 Å². The number of rotatable bonds is 5. The van der Waals surface area contributed by atoms with Crippen LogP contribution in [0.5, 0.6) is 5.88 Å². The van der Waals surface area contributed by atoms with Crippen molar-refractivity contribution in [2.75, 3.05) is 12.8 Å². The normalized spacial score (nSPS) is 11.3. The summed E-state index contributed by atoms with van der Waals surface area (Å²) in [7, 11) is -2.11. The first-order valence-electron chi connectivity index (χ1n) is 5.96. The van der Waals surface area contributed by atoms with Crippen LogP contribution in [0.4, 0.5) is 5.69 Å². The third-order valence-corrected chi connectivity index (χ3v) is 4.87. The Bertz CT molecular complexity index is 733. The minimum absolute atomic E-state index is 0.115.